The van der Waals surface area contributed by atoms with Crippen molar-refractivity contribution in [1.29, 1.82) is 0 Å². The number of halogens is 2. The zero-order chi connectivity index (χ0) is 12.6. The third kappa shape index (κ3) is 2.22. The van der Waals surface area contributed by atoms with E-state index in [2.05, 4.69) is 5.32 Å². The van der Waals surface area contributed by atoms with E-state index in [-0.39, 0.29) is 6.61 Å². The number of rotatable bonds is 1. The highest BCUT2D eigenvalue weighted by Crippen LogP contribution is 2.40. The SMILES string of the molecule is CC1(C)COC(=O)N[C@H]1c1c(F)cccc1Cl. The van der Waals surface area contributed by atoms with Gasteiger partial charge in [-0.15, -0.1) is 0 Å². The van der Waals surface area contributed by atoms with Crippen LogP contribution >= 0.6 is 11.6 Å². The molecule has 0 radical (unpaired) electrons. The van der Waals surface area contributed by atoms with E-state index >= 15 is 0 Å². The maximum absolute atomic E-state index is 13.8. The molecule has 1 N–H and O–H groups in total. The quantitative estimate of drug-likeness (QED) is 0.838. The molecule has 1 saturated heterocycles. The number of cyclic esters (lactones) is 1. The average Bonchev–Trinajstić information content (AvgIpc) is 2.23. The lowest BCUT2D eigenvalue weighted by atomic mass is 9.80. The van der Waals surface area contributed by atoms with Crippen molar-refractivity contribution in [2.24, 2.45) is 5.41 Å². The number of alkyl carbamates (subject to hydrolysis) is 1. The molecule has 1 atom stereocenters. The normalized spacial score (nSPS) is 22.8. The molecule has 0 saturated carbocycles. The van der Waals surface area contributed by atoms with Crippen LogP contribution in [0, 0.1) is 11.2 Å². The van der Waals surface area contributed by atoms with E-state index in [9.17, 15) is 9.18 Å². The summed E-state index contributed by atoms with van der Waals surface area (Å²) in [6.07, 6.45) is -0.548. The van der Waals surface area contributed by atoms with Crippen molar-refractivity contribution in [2.75, 3.05) is 6.61 Å². The molecule has 5 heteroatoms. The number of ether oxygens (including phenoxy) is 1. The second-order valence-corrected chi connectivity index (χ2v) is 5.18. The maximum Gasteiger partial charge on any atom is 0.407 e. The number of benzene rings is 1. The summed E-state index contributed by atoms with van der Waals surface area (Å²) in [6.45, 7) is 4.01. The van der Waals surface area contributed by atoms with Crippen molar-refractivity contribution in [3.63, 3.8) is 0 Å². The molecule has 1 aromatic carbocycles. The van der Waals surface area contributed by atoms with E-state index < -0.39 is 23.4 Å². The van der Waals surface area contributed by atoms with Gasteiger partial charge in [0.15, 0.2) is 0 Å². The third-order valence-electron chi connectivity index (χ3n) is 2.91. The molecule has 0 bridgehead atoms. The van der Waals surface area contributed by atoms with Crippen LogP contribution in [0.25, 0.3) is 0 Å². The highest BCUT2D eigenvalue weighted by molar-refractivity contribution is 6.31. The summed E-state index contributed by atoms with van der Waals surface area (Å²) >= 11 is 6.01. The highest BCUT2D eigenvalue weighted by atomic mass is 35.5. The Balaban J connectivity index is 2.46. The Hall–Kier alpha value is -1.29. The molecule has 1 aliphatic rings. The van der Waals surface area contributed by atoms with Crippen molar-refractivity contribution in [1.82, 2.24) is 5.32 Å². The Morgan fingerprint density at radius 1 is 1.53 bits per heavy atom. The summed E-state index contributed by atoms with van der Waals surface area (Å²) in [7, 11) is 0. The van der Waals surface area contributed by atoms with Gasteiger partial charge in [-0.1, -0.05) is 31.5 Å². The van der Waals surface area contributed by atoms with E-state index in [1.807, 2.05) is 13.8 Å². The van der Waals surface area contributed by atoms with E-state index in [1.54, 1.807) is 6.07 Å². The Morgan fingerprint density at radius 3 is 2.88 bits per heavy atom. The summed E-state index contributed by atoms with van der Waals surface area (Å²) in [5.41, 5.74) is -0.101. The van der Waals surface area contributed by atoms with Gasteiger partial charge in [-0.25, -0.2) is 9.18 Å². The lowest BCUT2D eigenvalue weighted by molar-refractivity contribution is 0.0378. The van der Waals surface area contributed by atoms with E-state index in [1.165, 1.54) is 12.1 Å². The summed E-state index contributed by atoms with van der Waals surface area (Å²) < 4.78 is 18.7. The first-order chi connectivity index (χ1) is 7.92. The minimum Gasteiger partial charge on any atom is -0.449 e. The van der Waals surface area contributed by atoms with Crippen molar-refractivity contribution in [2.45, 2.75) is 19.9 Å². The molecule has 2 rings (SSSR count). The molecular weight excluding hydrogens is 245 g/mol. The predicted octanol–water partition coefficient (Wildman–Crippen LogP) is 3.29. The fraction of sp³-hybridized carbons (Fsp3) is 0.417. The van der Waals surface area contributed by atoms with Crippen LogP contribution in [0.1, 0.15) is 25.5 Å². The topological polar surface area (TPSA) is 38.3 Å². The predicted molar refractivity (Wildman–Crippen MR) is 62.4 cm³/mol. The Bertz CT molecular complexity index is 442. The van der Waals surface area contributed by atoms with Crippen LogP contribution in [0.4, 0.5) is 9.18 Å². The van der Waals surface area contributed by atoms with Gasteiger partial charge in [-0.2, -0.15) is 0 Å². The van der Waals surface area contributed by atoms with Crippen molar-refractivity contribution in [3.05, 3.63) is 34.6 Å². The molecule has 1 fully saturated rings. The molecule has 1 aromatic rings. The maximum atomic E-state index is 13.8. The number of hydrogen-bond donors (Lipinski definition) is 1. The van der Waals surface area contributed by atoms with Crippen LogP contribution in [-0.4, -0.2) is 12.7 Å². The lowest BCUT2D eigenvalue weighted by Gasteiger charge is -2.38. The van der Waals surface area contributed by atoms with Crippen LogP contribution < -0.4 is 5.32 Å². The minimum atomic E-state index is -0.548. The van der Waals surface area contributed by atoms with Crippen LogP contribution in [0.2, 0.25) is 5.02 Å². The first-order valence-corrected chi connectivity index (χ1v) is 5.67. The zero-order valence-electron chi connectivity index (χ0n) is 9.59. The number of nitrogens with one attached hydrogen (secondary N) is 1. The first-order valence-electron chi connectivity index (χ1n) is 5.29. The van der Waals surface area contributed by atoms with Gasteiger partial charge in [-0.3, -0.25) is 0 Å². The number of carbonyl (C=O) groups is 1. The van der Waals surface area contributed by atoms with Gasteiger partial charge in [0.1, 0.15) is 12.4 Å². The molecule has 0 aliphatic carbocycles. The monoisotopic (exact) mass is 257 g/mol. The Morgan fingerprint density at radius 2 is 2.24 bits per heavy atom. The van der Waals surface area contributed by atoms with Crippen molar-refractivity contribution in [3.8, 4) is 0 Å². The van der Waals surface area contributed by atoms with Crippen LogP contribution in [0.15, 0.2) is 18.2 Å². The van der Waals surface area contributed by atoms with E-state index in [4.69, 9.17) is 16.3 Å². The van der Waals surface area contributed by atoms with Gasteiger partial charge in [-0.05, 0) is 12.1 Å². The number of hydrogen-bond acceptors (Lipinski definition) is 2. The highest BCUT2D eigenvalue weighted by Gasteiger charge is 2.40. The van der Waals surface area contributed by atoms with Gasteiger partial charge in [0.25, 0.3) is 0 Å². The summed E-state index contributed by atoms with van der Waals surface area (Å²) in [5.74, 6) is -0.419. The van der Waals surface area contributed by atoms with E-state index in [0.29, 0.717) is 10.6 Å². The van der Waals surface area contributed by atoms with Crippen LogP contribution in [-0.2, 0) is 4.74 Å². The molecule has 0 aromatic heterocycles. The van der Waals surface area contributed by atoms with Crippen molar-refractivity contribution < 1.29 is 13.9 Å². The van der Waals surface area contributed by atoms with Gasteiger partial charge in [0.2, 0.25) is 0 Å². The summed E-state index contributed by atoms with van der Waals surface area (Å²) in [5, 5.41) is 2.93. The Kier molecular flexibility index (Phi) is 3.00. The molecule has 17 heavy (non-hydrogen) atoms. The lowest BCUT2D eigenvalue weighted by Crippen LogP contribution is -2.47. The summed E-state index contributed by atoms with van der Waals surface area (Å²) in [6, 6.07) is 3.99. The third-order valence-corrected chi connectivity index (χ3v) is 3.24. The van der Waals surface area contributed by atoms with Gasteiger partial charge < -0.3 is 10.1 Å². The average molecular weight is 258 g/mol. The molecule has 1 heterocycles. The molecule has 0 unspecified atom stereocenters. The van der Waals surface area contributed by atoms with Gasteiger partial charge in [0.05, 0.1) is 6.04 Å². The van der Waals surface area contributed by atoms with E-state index in [0.717, 1.165) is 0 Å². The Labute approximate surface area is 104 Å². The van der Waals surface area contributed by atoms with Crippen LogP contribution in [0.3, 0.4) is 0 Å². The largest absolute Gasteiger partial charge is 0.449 e. The fourth-order valence-electron chi connectivity index (χ4n) is 1.94. The molecule has 92 valence electrons. The van der Waals surface area contributed by atoms with Crippen LogP contribution in [0.5, 0.6) is 0 Å². The zero-order valence-corrected chi connectivity index (χ0v) is 10.3. The second kappa shape index (κ2) is 4.18. The minimum absolute atomic E-state index is 0.230. The summed E-state index contributed by atoms with van der Waals surface area (Å²) in [4.78, 5) is 11.3. The molecule has 3 nitrogen and oxygen atoms in total. The molecule has 1 aliphatic heterocycles. The first kappa shape index (κ1) is 12.2. The van der Waals surface area contributed by atoms with Crippen molar-refractivity contribution >= 4 is 17.7 Å². The fourth-order valence-corrected chi connectivity index (χ4v) is 2.21. The van der Waals surface area contributed by atoms with Gasteiger partial charge >= 0.3 is 6.09 Å². The number of amides is 1. The molecule has 1 amide bonds. The molecular formula is C12H13ClFNO2. The molecule has 0 spiro atoms. The smallest absolute Gasteiger partial charge is 0.407 e. The standard InChI is InChI=1S/C12H13ClFNO2/c1-12(2)6-17-11(16)15-10(12)9-7(13)4-3-5-8(9)14/h3-5,10H,6H2,1-2H3,(H,15,16)/t10-/m0/s1. The number of carbonyl (C=O) groups excluding carboxylic acids is 1. The van der Waals surface area contributed by atoms with Gasteiger partial charge in [0, 0.05) is 16.0 Å². The second-order valence-electron chi connectivity index (χ2n) is 4.78.